The van der Waals surface area contributed by atoms with Crippen molar-refractivity contribution in [2.75, 3.05) is 13.2 Å². The maximum atomic E-state index is 12.0. The van der Waals surface area contributed by atoms with E-state index in [1.54, 1.807) is 0 Å². The van der Waals surface area contributed by atoms with E-state index in [2.05, 4.69) is 5.32 Å². The average Bonchev–Trinajstić information content (AvgIpc) is 2.57. The summed E-state index contributed by atoms with van der Waals surface area (Å²) in [6, 6.07) is -1.04. The Hall–Kier alpha value is -1.63. The number of rotatable bonds is 11. The van der Waals surface area contributed by atoms with Crippen LogP contribution >= 0.6 is 0 Å². The van der Waals surface area contributed by atoms with Gasteiger partial charge in [0.15, 0.2) is 6.10 Å². The van der Waals surface area contributed by atoms with Gasteiger partial charge < -0.3 is 36.6 Å². The Balaban J connectivity index is 4.79. The highest BCUT2D eigenvalue weighted by molar-refractivity contribution is 6.00. The van der Waals surface area contributed by atoms with Crippen LogP contribution in [0.15, 0.2) is 0 Å². The summed E-state index contributed by atoms with van der Waals surface area (Å²) < 4.78 is 0. The number of aliphatic hydroxyl groups is 5. The molecule has 5 unspecified atom stereocenters. The van der Waals surface area contributed by atoms with Crippen LogP contribution in [0.25, 0.3) is 0 Å². The number of nitrogens with one attached hydrogen (secondary N) is 2. The van der Waals surface area contributed by atoms with Gasteiger partial charge in [-0.05, 0) is 25.8 Å². The standard InChI is InChI=1S/C14H27N3O8/c1-7(19)16-8(4-2-3-5-15)13(24)17-14(25)12(23)11(22)10(21)9(20)6-18/h8-12,18,20-23H,2-6,15H2,1H3,(H,16,19)(H,17,24,25). The van der Waals surface area contributed by atoms with Gasteiger partial charge in [-0.15, -0.1) is 0 Å². The molecule has 0 heterocycles. The Labute approximate surface area is 144 Å². The Kier molecular flexibility index (Phi) is 11.1. The smallest absolute Gasteiger partial charge is 0.258 e. The van der Waals surface area contributed by atoms with Crippen LogP contribution in [0.2, 0.25) is 0 Å². The first kappa shape index (κ1) is 23.4. The Morgan fingerprint density at radius 2 is 1.60 bits per heavy atom. The lowest BCUT2D eigenvalue weighted by molar-refractivity contribution is -0.151. The molecular formula is C14H27N3O8. The highest BCUT2D eigenvalue weighted by Crippen LogP contribution is 2.06. The molecule has 25 heavy (non-hydrogen) atoms. The van der Waals surface area contributed by atoms with Gasteiger partial charge in [-0.1, -0.05) is 0 Å². The first-order valence-electron chi connectivity index (χ1n) is 7.80. The minimum atomic E-state index is -2.23. The molecule has 0 spiro atoms. The number of amides is 3. The first-order valence-corrected chi connectivity index (χ1v) is 7.80. The molecule has 146 valence electrons. The molecule has 11 nitrogen and oxygen atoms in total. The minimum Gasteiger partial charge on any atom is -0.394 e. The summed E-state index contributed by atoms with van der Waals surface area (Å²) in [6.07, 6.45) is -6.83. The molecule has 0 aromatic heterocycles. The van der Waals surface area contributed by atoms with E-state index in [1.807, 2.05) is 5.32 Å². The maximum absolute atomic E-state index is 12.0. The fourth-order valence-electron chi connectivity index (χ4n) is 1.97. The third-order valence-electron chi connectivity index (χ3n) is 3.41. The van der Waals surface area contributed by atoms with Crippen LogP contribution in [0, 0.1) is 0 Å². The number of carbonyl (C=O) groups excluding carboxylic acids is 3. The lowest BCUT2D eigenvalue weighted by Gasteiger charge is -2.25. The zero-order chi connectivity index (χ0) is 19.6. The summed E-state index contributed by atoms with van der Waals surface area (Å²) in [6.45, 7) is 0.677. The number of carbonyl (C=O) groups is 3. The molecule has 0 radical (unpaired) electrons. The molecule has 0 bridgehead atoms. The third-order valence-corrected chi connectivity index (χ3v) is 3.41. The van der Waals surface area contributed by atoms with Crippen molar-refractivity contribution in [3.8, 4) is 0 Å². The van der Waals surface area contributed by atoms with Crippen LogP contribution in [0.5, 0.6) is 0 Å². The summed E-state index contributed by atoms with van der Waals surface area (Å²) >= 11 is 0. The van der Waals surface area contributed by atoms with E-state index in [1.165, 1.54) is 6.92 Å². The van der Waals surface area contributed by atoms with E-state index in [0.717, 1.165) is 0 Å². The number of aliphatic hydroxyl groups excluding tert-OH is 5. The molecule has 0 saturated heterocycles. The van der Waals surface area contributed by atoms with Gasteiger partial charge in [0.1, 0.15) is 24.4 Å². The van der Waals surface area contributed by atoms with Crippen LogP contribution in [0.1, 0.15) is 26.2 Å². The molecule has 0 aromatic rings. The summed E-state index contributed by atoms with van der Waals surface area (Å²) in [7, 11) is 0. The van der Waals surface area contributed by atoms with Crippen LogP contribution in [0.4, 0.5) is 0 Å². The van der Waals surface area contributed by atoms with Crippen molar-refractivity contribution in [2.24, 2.45) is 5.73 Å². The van der Waals surface area contributed by atoms with Gasteiger partial charge in [0.25, 0.3) is 5.91 Å². The second kappa shape index (κ2) is 11.8. The van der Waals surface area contributed by atoms with Gasteiger partial charge in [-0.2, -0.15) is 0 Å². The summed E-state index contributed by atoms with van der Waals surface area (Å²) in [5.74, 6) is -2.72. The van der Waals surface area contributed by atoms with Crippen molar-refractivity contribution in [2.45, 2.75) is 56.6 Å². The fourth-order valence-corrected chi connectivity index (χ4v) is 1.97. The van der Waals surface area contributed by atoms with Gasteiger partial charge in [-0.25, -0.2) is 0 Å². The Morgan fingerprint density at radius 3 is 2.08 bits per heavy atom. The number of nitrogens with two attached hydrogens (primary N) is 1. The normalized spacial score (nSPS) is 17.1. The molecule has 0 rings (SSSR count). The molecule has 0 fully saturated rings. The van der Waals surface area contributed by atoms with Gasteiger partial charge in [0, 0.05) is 6.92 Å². The van der Waals surface area contributed by atoms with Crippen molar-refractivity contribution in [1.82, 2.24) is 10.6 Å². The van der Waals surface area contributed by atoms with Gasteiger partial charge in [-0.3, -0.25) is 19.7 Å². The lowest BCUT2D eigenvalue weighted by atomic mass is 10.0. The van der Waals surface area contributed by atoms with E-state index in [0.29, 0.717) is 19.4 Å². The molecule has 9 N–H and O–H groups in total. The molecular weight excluding hydrogens is 338 g/mol. The average molecular weight is 365 g/mol. The largest absolute Gasteiger partial charge is 0.394 e. The van der Waals surface area contributed by atoms with E-state index in [9.17, 15) is 34.8 Å². The van der Waals surface area contributed by atoms with Crippen LogP contribution in [0.3, 0.4) is 0 Å². The fraction of sp³-hybridized carbons (Fsp3) is 0.786. The van der Waals surface area contributed by atoms with Crippen molar-refractivity contribution < 1.29 is 39.9 Å². The van der Waals surface area contributed by atoms with E-state index in [4.69, 9.17) is 10.8 Å². The number of hydrogen-bond acceptors (Lipinski definition) is 9. The van der Waals surface area contributed by atoms with Crippen LogP contribution in [-0.2, 0) is 14.4 Å². The predicted molar refractivity (Wildman–Crippen MR) is 84.8 cm³/mol. The molecule has 0 saturated carbocycles. The van der Waals surface area contributed by atoms with E-state index < -0.39 is 54.8 Å². The van der Waals surface area contributed by atoms with Crippen molar-refractivity contribution in [1.29, 1.82) is 0 Å². The third kappa shape index (κ3) is 8.34. The summed E-state index contributed by atoms with van der Waals surface area (Å²) in [5, 5.41) is 50.7. The van der Waals surface area contributed by atoms with Crippen molar-refractivity contribution in [3.63, 3.8) is 0 Å². The monoisotopic (exact) mass is 365 g/mol. The Morgan fingerprint density at radius 1 is 1.00 bits per heavy atom. The zero-order valence-corrected chi connectivity index (χ0v) is 14.0. The second-order valence-corrected chi connectivity index (χ2v) is 5.57. The molecule has 11 heteroatoms. The zero-order valence-electron chi connectivity index (χ0n) is 14.0. The topological polar surface area (TPSA) is 202 Å². The number of unbranched alkanes of at least 4 members (excludes halogenated alkanes) is 1. The Bertz CT molecular complexity index is 448. The summed E-state index contributed by atoms with van der Waals surface area (Å²) in [4.78, 5) is 35.0. The van der Waals surface area contributed by atoms with Gasteiger partial charge >= 0.3 is 0 Å². The minimum absolute atomic E-state index is 0.209. The predicted octanol–water partition coefficient (Wildman–Crippen LogP) is -4.30. The molecule has 0 aliphatic heterocycles. The molecule has 3 amide bonds. The number of hydrogen-bond donors (Lipinski definition) is 8. The molecule has 0 aliphatic carbocycles. The van der Waals surface area contributed by atoms with Gasteiger partial charge in [0.05, 0.1) is 6.61 Å². The maximum Gasteiger partial charge on any atom is 0.258 e. The molecule has 0 aliphatic rings. The van der Waals surface area contributed by atoms with Crippen LogP contribution < -0.4 is 16.4 Å². The quantitative estimate of drug-likeness (QED) is 0.167. The second-order valence-electron chi connectivity index (χ2n) is 5.57. The van der Waals surface area contributed by atoms with E-state index >= 15 is 0 Å². The molecule has 5 atom stereocenters. The molecule has 0 aromatic carbocycles. The van der Waals surface area contributed by atoms with Gasteiger partial charge in [0.2, 0.25) is 11.8 Å². The van der Waals surface area contributed by atoms with Crippen molar-refractivity contribution >= 4 is 17.7 Å². The highest BCUT2D eigenvalue weighted by atomic mass is 16.4. The lowest BCUT2D eigenvalue weighted by Crippen LogP contribution is -2.55. The highest BCUT2D eigenvalue weighted by Gasteiger charge is 2.35. The number of imide groups is 1. The van der Waals surface area contributed by atoms with Crippen LogP contribution in [-0.4, -0.2) is 86.9 Å². The summed E-state index contributed by atoms with van der Waals surface area (Å²) in [5.41, 5.74) is 5.35. The SMILES string of the molecule is CC(=O)NC(CCCCN)C(=O)NC(=O)C(O)C(O)C(O)C(O)CO. The first-order chi connectivity index (χ1) is 11.6. The van der Waals surface area contributed by atoms with E-state index in [-0.39, 0.29) is 6.42 Å². The van der Waals surface area contributed by atoms with Crippen molar-refractivity contribution in [3.05, 3.63) is 0 Å².